The normalized spacial score (nSPS) is 11.2. The molecule has 0 heterocycles. The van der Waals surface area contributed by atoms with Crippen LogP contribution in [0.2, 0.25) is 0 Å². The van der Waals surface area contributed by atoms with Crippen molar-refractivity contribution in [1.82, 2.24) is 0 Å². The van der Waals surface area contributed by atoms with E-state index in [1.165, 1.54) is 12.1 Å². The average molecular weight is 305 g/mol. The molecular formula is C16H19NO3S. The molecule has 2 aromatic carbocycles. The fraction of sp³-hybridized carbons (Fsp3) is 0.250. The van der Waals surface area contributed by atoms with Crippen LogP contribution >= 0.6 is 0 Å². The third kappa shape index (κ3) is 3.98. The van der Waals surface area contributed by atoms with Gasteiger partial charge in [-0.25, -0.2) is 8.42 Å². The third-order valence-corrected chi connectivity index (χ3v) is 4.32. The Morgan fingerprint density at radius 3 is 2.10 bits per heavy atom. The van der Waals surface area contributed by atoms with Crippen molar-refractivity contribution in [3.63, 3.8) is 0 Å². The molecule has 0 radical (unpaired) electrons. The summed E-state index contributed by atoms with van der Waals surface area (Å²) >= 11 is 0. The Kier molecular flexibility index (Phi) is 4.53. The van der Waals surface area contributed by atoms with Crippen LogP contribution in [0.3, 0.4) is 0 Å². The van der Waals surface area contributed by atoms with Crippen molar-refractivity contribution in [2.45, 2.75) is 25.7 Å². The van der Waals surface area contributed by atoms with Crippen molar-refractivity contribution >= 4 is 15.7 Å². The fourth-order valence-electron chi connectivity index (χ4n) is 2.13. The summed E-state index contributed by atoms with van der Waals surface area (Å²) in [5, 5.41) is 0. The lowest BCUT2D eigenvalue weighted by Gasteiger charge is -2.10. The monoisotopic (exact) mass is 305 g/mol. The third-order valence-electron chi connectivity index (χ3n) is 2.92. The van der Waals surface area contributed by atoms with E-state index in [4.69, 9.17) is 4.74 Å². The lowest BCUT2D eigenvalue weighted by molar-refractivity contribution is 0.340. The van der Waals surface area contributed by atoms with E-state index in [-0.39, 0.29) is 4.90 Å². The second-order valence-electron chi connectivity index (χ2n) is 4.89. The maximum Gasteiger partial charge on any atom is 0.261 e. The standard InChI is InChI=1S/C16H19NO3S/c1-4-20-15-5-7-16(8-6-15)21(18,19)17-14-10-12(2)9-13(3)11-14/h5-11,17H,4H2,1-3H3. The highest BCUT2D eigenvalue weighted by Gasteiger charge is 2.14. The van der Waals surface area contributed by atoms with Crippen LogP contribution in [0.25, 0.3) is 0 Å². The molecule has 2 aromatic rings. The van der Waals surface area contributed by atoms with E-state index in [1.807, 2.05) is 26.8 Å². The van der Waals surface area contributed by atoms with Gasteiger partial charge in [0.05, 0.1) is 11.5 Å². The minimum atomic E-state index is -3.58. The number of aryl methyl sites for hydroxylation is 2. The summed E-state index contributed by atoms with van der Waals surface area (Å²) in [6.45, 7) is 6.29. The van der Waals surface area contributed by atoms with Gasteiger partial charge >= 0.3 is 0 Å². The highest BCUT2D eigenvalue weighted by Crippen LogP contribution is 2.21. The largest absolute Gasteiger partial charge is 0.494 e. The molecule has 0 aliphatic rings. The SMILES string of the molecule is CCOc1ccc(S(=O)(=O)Nc2cc(C)cc(C)c2)cc1. The van der Waals surface area contributed by atoms with Gasteiger partial charge in [-0.3, -0.25) is 4.72 Å². The number of nitrogens with one attached hydrogen (secondary N) is 1. The second kappa shape index (κ2) is 6.18. The molecule has 0 aromatic heterocycles. The number of ether oxygens (including phenoxy) is 1. The molecule has 0 saturated heterocycles. The molecule has 0 spiro atoms. The van der Waals surface area contributed by atoms with Gasteiger partial charge in [-0.05, 0) is 68.3 Å². The summed E-state index contributed by atoms with van der Waals surface area (Å²) in [5.41, 5.74) is 2.60. The van der Waals surface area contributed by atoms with Gasteiger partial charge in [0.25, 0.3) is 10.0 Å². The van der Waals surface area contributed by atoms with Gasteiger partial charge in [-0.1, -0.05) is 6.07 Å². The van der Waals surface area contributed by atoms with E-state index < -0.39 is 10.0 Å². The van der Waals surface area contributed by atoms with Crippen LogP contribution in [0.1, 0.15) is 18.1 Å². The predicted molar refractivity (Wildman–Crippen MR) is 84.3 cm³/mol. The minimum absolute atomic E-state index is 0.213. The summed E-state index contributed by atoms with van der Waals surface area (Å²) in [4.78, 5) is 0.213. The molecule has 1 N–H and O–H groups in total. The average Bonchev–Trinajstić information content (AvgIpc) is 2.38. The topological polar surface area (TPSA) is 55.4 Å². The number of hydrogen-bond acceptors (Lipinski definition) is 3. The van der Waals surface area contributed by atoms with E-state index in [0.29, 0.717) is 18.0 Å². The molecule has 4 nitrogen and oxygen atoms in total. The Morgan fingerprint density at radius 1 is 1.00 bits per heavy atom. The van der Waals surface area contributed by atoms with Crippen molar-refractivity contribution in [2.24, 2.45) is 0 Å². The van der Waals surface area contributed by atoms with E-state index in [0.717, 1.165) is 11.1 Å². The van der Waals surface area contributed by atoms with E-state index in [2.05, 4.69) is 4.72 Å². The molecule has 112 valence electrons. The van der Waals surface area contributed by atoms with Crippen LogP contribution in [0, 0.1) is 13.8 Å². The Bertz CT molecular complexity index is 701. The van der Waals surface area contributed by atoms with Crippen molar-refractivity contribution < 1.29 is 13.2 Å². The Labute approximate surface area is 125 Å². The van der Waals surface area contributed by atoms with Crippen molar-refractivity contribution in [3.05, 3.63) is 53.6 Å². The lowest BCUT2D eigenvalue weighted by Crippen LogP contribution is -2.13. The first-order valence-corrected chi connectivity index (χ1v) is 8.23. The minimum Gasteiger partial charge on any atom is -0.494 e. The molecule has 0 unspecified atom stereocenters. The number of benzene rings is 2. The van der Waals surface area contributed by atoms with Crippen molar-refractivity contribution in [1.29, 1.82) is 0 Å². The van der Waals surface area contributed by atoms with Crippen LogP contribution in [0.4, 0.5) is 5.69 Å². The molecule has 0 amide bonds. The molecular weight excluding hydrogens is 286 g/mol. The maximum absolute atomic E-state index is 12.3. The zero-order valence-electron chi connectivity index (χ0n) is 12.4. The van der Waals surface area contributed by atoms with Gasteiger partial charge in [0.2, 0.25) is 0 Å². The van der Waals surface area contributed by atoms with Gasteiger partial charge < -0.3 is 4.74 Å². The molecule has 0 bridgehead atoms. The number of rotatable bonds is 5. The molecule has 0 fully saturated rings. The predicted octanol–water partition coefficient (Wildman–Crippen LogP) is 3.50. The Hall–Kier alpha value is -2.01. The van der Waals surface area contributed by atoms with Gasteiger partial charge in [-0.2, -0.15) is 0 Å². The van der Waals surface area contributed by atoms with Crippen molar-refractivity contribution in [2.75, 3.05) is 11.3 Å². The zero-order chi connectivity index (χ0) is 15.5. The molecule has 5 heteroatoms. The molecule has 0 aliphatic heterocycles. The fourth-order valence-corrected chi connectivity index (χ4v) is 3.17. The number of hydrogen-bond donors (Lipinski definition) is 1. The first-order chi connectivity index (χ1) is 9.90. The highest BCUT2D eigenvalue weighted by molar-refractivity contribution is 7.92. The zero-order valence-corrected chi connectivity index (χ0v) is 13.2. The summed E-state index contributed by atoms with van der Waals surface area (Å²) in [5.74, 6) is 0.655. The van der Waals surface area contributed by atoms with Crippen molar-refractivity contribution in [3.8, 4) is 5.75 Å². The molecule has 0 atom stereocenters. The molecule has 0 saturated carbocycles. The molecule has 21 heavy (non-hydrogen) atoms. The van der Waals surface area contributed by atoms with Crippen LogP contribution in [0.5, 0.6) is 5.75 Å². The van der Waals surface area contributed by atoms with E-state index >= 15 is 0 Å². The first kappa shape index (κ1) is 15.4. The van der Waals surface area contributed by atoms with E-state index in [9.17, 15) is 8.42 Å². The smallest absolute Gasteiger partial charge is 0.261 e. The summed E-state index contributed by atoms with van der Waals surface area (Å²) in [6, 6.07) is 12.0. The van der Waals surface area contributed by atoms with Crippen LogP contribution in [0.15, 0.2) is 47.4 Å². The lowest BCUT2D eigenvalue weighted by atomic mass is 10.1. The quantitative estimate of drug-likeness (QED) is 0.919. The van der Waals surface area contributed by atoms with Crippen LogP contribution in [-0.4, -0.2) is 15.0 Å². The van der Waals surface area contributed by atoms with E-state index in [1.54, 1.807) is 24.3 Å². The summed E-state index contributed by atoms with van der Waals surface area (Å²) in [7, 11) is -3.58. The molecule has 0 aliphatic carbocycles. The van der Waals surface area contributed by atoms with Gasteiger partial charge in [0, 0.05) is 5.69 Å². The first-order valence-electron chi connectivity index (χ1n) is 6.74. The van der Waals surface area contributed by atoms with Crippen LogP contribution in [-0.2, 0) is 10.0 Å². The number of sulfonamides is 1. The Morgan fingerprint density at radius 2 is 1.57 bits per heavy atom. The highest BCUT2D eigenvalue weighted by atomic mass is 32.2. The summed E-state index contributed by atoms with van der Waals surface area (Å²) in [6.07, 6.45) is 0. The Balaban J connectivity index is 2.25. The van der Waals surface area contributed by atoms with Gasteiger partial charge in [0.15, 0.2) is 0 Å². The van der Waals surface area contributed by atoms with Gasteiger partial charge in [-0.15, -0.1) is 0 Å². The molecule has 2 rings (SSSR count). The number of anilines is 1. The van der Waals surface area contributed by atoms with Crippen LogP contribution < -0.4 is 9.46 Å². The van der Waals surface area contributed by atoms with Gasteiger partial charge in [0.1, 0.15) is 5.75 Å². The maximum atomic E-state index is 12.3. The second-order valence-corrected chi connectivity index (χ2v) is 6.57. The summed E-state index contributed by atoms with van der Waals surface area (Å²) < 4.78 is 32.6.